The summed E-state index contributed by atoms with van der Waals surface area (Å²) >= 11 is 0. The van der Waals surface area contributed by atoms with Crippen LogP contribution in [0.1, 0.15) is 52.1 Å². The lowest BCUT2D eigenvalue weighted by molar-refractivity contribution is 0.0670. The van der Waals surface area contributed by atoms with Crippen molar-refractivity contribution in [3.63, 3.8) is 0 Å². The molecule has 2 heterocycles. The topological polar surface area (TPSA) is 123 Å². The molecule has 0 spiro atoms. The predicted molar refractivity (Wildman–Crippen MR) is 123 cm³/mol. The van der Waals surface area contributed by atoms with E-state index in [-0.39, 0.29) is 31.9 Å². The molecule has 1 aromatic carbocycles. The van der Waals surface area contributed by atoms with E-state index in [1.54, 1.807) is 0 Å². The minimum absolute atomic E-state index is 0.0729. The second-order valence-electron chi connectivity index (χ2n) is 9.47. The van der Waals surface area contributed by atoms with E-state index in [2.05, 4.69) is 0 Å². The van der Waals surface area contributed by atoms with Gasteiger partial charge in [-0.15, -0.1) is 0 Å². The first-order valence-corrected chi connectivity index (χ1v) is 12.8. The average molecular weight is 487 g/mol. The summed E-state index contributed by atoms with van der Waals surface area (Å²) in [6.07, 6.45) is 2.08. The fraction of sp³-hybridized carbons (Fsp3) is 0.458. The van der Waals surface area contributed by atoms with E-state index < -0.39 is 42.3 Å². The van der Waals surface area contributed by atoms with Gasteiger partial charge in [0.05, 0.1) is 22.7 Å². The number of nitrogens with zero attached hydrogens (tertiary/aromatic N) is 2. The van der Waals surface area contributed by atoms with Crippen LogP contribution in [0.3, 0.4) is 0 Å². The highest BCUT2D eigenvalue weighted by Gasteiger charge is 2.67. The number of rotatable bonds is 9. The Labute approximate surface area is 196 Å². The molecular formula is C24H26N2O7S. The van der Waals surface area contributed by atoms with Crippen molar-refractivity contribution < 1.29 is 27.9 Å². The summed E-state index contributed by atoms with van der Waals surface area (Å²) in [7, 11) is -3.56. The molecular weight excluding hydrogens is 460 g/mol. The summed E-state index contributed by atoms with van der Waals surface area (Å²) in [5, 5.41) is 9.16. The summed E-state index contributed by atoms with van der Waals surface area (Å²) < 4.78 is 32.5. The summed E-state index contributed by atoms with van der Waals surface area (Å²) in [6.45, 7) is 0.839. The summed E-state index contributed by atoms with van der Waals surface area (Å²) in [5.41, 5.74) is -0.0471. The molecule has 1 aliphatic heterocycles. The van der Waals surface area contributed by atoms with Gasteiger partial charge in [-0.1, -0.05) is 30.3 Å². The molecule has 3 aliphatic rings. The van der Waals surface area contributed by atoms with Crippen LogP contribution >= 0.6 is 0 Å². The van der Waals surface area contributed by atoms with Crippen molar-refractivity contribution in [3.8, 4) is 0 Å². The number of amides is 1. The second-order valence-corrected chi connectivity index (χ2v) is 12.2. The van der Waals surface area contributed by atoms with Crippen LogP contribution in [-0.2, 0) is 27.7 Å². The Bertz CT molecular complexity index is 1310. The third-order valence-electron chi connectivity index (χ3n) is 7.22. The number of sulfone groups is 1. The smallest absolute Gasteiger partial charge is 0.341 e. The van der Waals surface area contributed by atoms with Crippen molar-refractivity contribution >= 4 is 21.7 Å². The number of fused-ring (bicyclic) bond motifs is 1. The molecule has 10 heteroatoms. The molecule has 1 N–H and O–H groups in total. The van der Waals surface area contributed by atoms with E-state index in [4.69, 9.17) is 9.84 Å². The third kappa shape index (κ3) is 3.65. The first-order valence-electron chi connectivity index (χ1n) is 11.3. The first-order chi connectivity index (χ1) is 16.2. The van der Waals surface area contributed by atoms with E-state index in [1.807, 2.05) is 30.3 Å². The quantitative estimate of drug-likeness (QED) is 0.572. The van der Waals surface area contributed by atoms with Crippen molar-refractivity contribution in [1.82, 2.24) is 9.47 Å². The van der Waals surface area contributed by atoms with Crippen molar-refractivity contribution in [2.45, 2.75) is 48.3 Å². The largest absolute Gasteiger partial charge is 0.477 e. The Morgan fingerprint density at radius 2 is 1.65 bits per heavy atom. The van der Waals surface area contributed by atoms with E-state index in [0.717, 1.165) is 16.2 Å². The summed E-state index contributed by atoms with van der Waals surface area (Å²) in [5.74, 6) is -1.80. The number of ether oxygens (including phenoxy) is 1. The number of benzene rings is 1. The number of carbonyl (C=O) groups is 2. The average Bonchev–Trinajstić information content (AvgIpc) is 3.73. The lowest BCUT2D eigenvalue weighted by Crippen LogP contribution is -2.51. The molecule has 0 unspecified atom stereocenters. The fourth-order valence-electron chi connectivity index (χ4n) is 4.80. The fourth-order valence-corrected chi connectivity index (χ4v) is 7.56. The van der Waals surface area contributed by atoms with Gasteiger partial charge in [0.25, 0.3) is 11.5 Å². The van der Waals surface area contributed by atoms with Gasteiger partial charge in [-0.05, 0) is 43.4 Å². The van der Waals surface area contributed by atoms with E-state index in [0.29, 0.717) is 32.3 Å². The van der Waals surface area contributed by atoms with Crippen LogP contribution in [-0.4, -0.2) is 64.1 Å². The maximum atomic E-state index is 13.7. The van der Waals surface area contributed by atoms with E-state index in [1.165, 1.54) is 11.0 Å². The number of carboxylic acid groups (broad SMARTS) is 1. The van der Waals surface area contributed by atoms with Crippen LogP contribution in [0.25, 0.3) is 0 Å². The molecule has 2 fully saturated rings. The number of aromatic carboxylic acids is 1. The highest BCUT2D eigenvalue weighted by molar-refractivity contribution is 7.94. The predicted octanol–water partition coefficient (Wildman–Crippen LogP) is 1.70. The van der Waals surface area contributed by atoms with Gasteiger partial charge in [-0.25, -0.2) is 13.2 Å². The van der Waals surface area contributed by atoms with Crippen molar-refractivity contribution in [2.24, 2.45) is 0 Å². The normalized spacial score (nSPS) is 20.0. The van der Waals surface area contributed by atoms with E-state index >= 15 is 0 Å². The van der Waals surface area contributed by atoms with Crippen molar-refractivity contribution in [3.05, 3.63) is 69.6 Å². The van der Waals surface area contributed by atoms with Crippen molar-refractivity contribution in [1.29, 1.82) is 0 Å². The van der Waals surface area contributed by atoms with Gasteiger partial charge in [0.15, 0.2) is 9.84 Å². The molecule has 0 bridgehead atoms. The van der Waals surface area contributed by atoms with Gasteiger partial charge < -0.3 is 19.3 Å². The number of pyridine rings is 1. The van der Waals surface area contributed by atoms with Gasteiger partial charge in [0.1, 0.15) is 11.3 Å². The SMILES string of the molecule is O=C(O)c1ccc2n(c1=O)CCN(CC1(S(=O)(=O)C3(COCc4ccccc4)CC3)CC1)C2=O. The zero-order valence-corrected chi connectivity index (χ0v) is 19.4. The highest BCUT2D eigenvalue weighted by atomic mass is 32.2. The summed E-state index contributed by atoms with van der Waals surface area (Å²) in [6, 6.07) is 12.0. The van der Waals surface area contributed by atoms with Crippen LogP contribution < -0.4 is 5.56 Å². The van der Waals surface area contributed by atoms with Crippen LogP contribution in [0.4, 0.5) is 0 Å². The molecule has 2 aromatic rings. The van der Waals surface area contributed by atoms with Gasteiger partial charge in [0, 0.05) is 19.6 Å². The highest BCUT2D eigenvalue weighted by Crippen LogP contribution is 2.57. The lowest BCUT2D eigenvalue weighted by atomic mass is 10.1. The maximum absolute atomic E-state index is 13.7. The number of carbonyl (C=O) groups excluding carboxylic acids is 1. The van der Waals surface area contributed by atoms with Crippen LogP contribution in [0.15, 0.2) is 47.3 Å². The Hall–Kier alpha value is -2.98. The Kier molecular flexibility index (Phi) is 5.40. The zero-order valence-electron chi connectivity index (χ0n) is 18.6. The van der Waals surface area contributed by atoms with Gasteiger partial charge in [-0.3, -0.25) is 9.59 Å². The van der Waals surface area contributed by atoms with Crippen molar-refractivity contribution in [2.75, 3.05) is 19.7 Å². The Morgan fingerprint density at radius 1 is 0.971 bits per heavy atom. The molecule has 0 atom stereocenters. The number of hydrogen-bond acceptors (Lipinski definition) is 6. The minimum Gasteiger partial charge on any atom is -0.477 e. The maximum Gasteiger partial charge on any atom is 0.341 e. The molecule has 0 saturated heterocycles. The molecule has 2 saturated carbocycles. The molecule has 9 nitrogen and oxygen atoms in total. The third-order valence-corrected chi connectivity index (χ3v) is 10.6. The number of aromatic nitrogens is 1. The van der Waals surface area contributed by atoms with Crippen LogP contribution in [0, 0.1) is 0 Å². The molecule has 1 aromatic heterocycles. The Morgan fingerprint density at radius 3 is 2.26 bits per heavy atom. The van der Waals surface area contributed by atoms with Crippen LogP contribution in [0.2, 0.25) is 0 Å². The monoisotopic (exact) mass is 486 g/mol. The van der Waals surface area contributed by atoms with Gasteiger partial charge >= 0.3 is 5.97 Å². The molecule has 1 amide bonds. The first kappa shape index (κ1) is 22.8. The van der Waals surface area contributed by atoms with Gasteiger partial charge in [-0.2, -0.15) is 0 Å². The zero-order chi connectivity index (χ0) is 24.1. The molecule has 5 rings (SSSR count). The van der Waals surface area contributed by atoms with Gasteiger partial charge in [0.2, 0.25) is 0 Å². The number of carboxylic acids is 1. The number of hydrogen-bond donors (Lipinski definition) is 1. The second kappa shape index (κ2) is 8.06. The standard InChI is InChI=1S/C24H26N2O7S/c27-20-18(22(29)30)6-7-19-21(28)25(12-13-26(19)20)15-23(8-9-23)34(31,32)24(10-11-24)16-33-14-17-4-2-1-3-5-17/h1-7H,8-16H2,(H,29,30). The summed E-state index contributed by atoms with van der Waals surface area (Å²) in [4.78, 5) is 38.2. The molecule has 34 heavy (non-hydrogen) atoms. The minimum atomic E-state index is -3.56. The molecule has 180 valence electrons. The lowest BCUT2D eigenvalue weighted by Gasteiger charge is -2.34. The van der Waals surface area contributed by atoms with E-state index in [9.17, 15) is 22.8 Å². The van der Waals surface area contributed by atoms with Crippen LogP contribution in [0.5, 0.6) is 0 Å². The molecule has 2 aliphatic carbocycles. The Balaban J connectivity index is 1.30. The molecule has 0 radical (unpaired) electrons.